The number of carbonyl (C=O) groups is 5. The van der Waals surface area contributed by atoms with Gasteiger partial charge in [0.1, 0.15) is 18.7 Å². The molecule has 10 nitrogen and oxygen atoms in total. The van der Waals surface area contributed by atoms with Crippen LogP contribution in [0.5, 0.6) is 0 Å². The van der Waals surface area contributed by atoms with Gasteiger partial charge < -0.3 is 25.4 Å². The predicted molar refractivity (Wildman–Crippen MR) is 143 cm³/mol. The number of carboxylic acids is 1. The molecule has 198 valence electrons. The average molecular weight is 538 g/mol. The summed E-state index contributed by atoms with van der Waals surface area (Å²) in [5, 5.41) is 16.1. The second-order valence-electron chi connectivity index (χ2n) is 9.16. The maximum Gasteiger partial charge on any atom is 0.335 e. The van der Waals surface area contributed by atoms with E-state index >= 15 is 0 Å². The predicted octanol–water partition coefficient (Wildman–Crippen LogP) is 4.49. The van der Waals surface area contributed by atoms with Crippen molar-refractivity contribution in [3.63, 3.8) is 0 Å². The number of ketones is 1. The van der Waals surface area contributed by atoms with Crippen molar-refractivity contribution in [2.24, 2.45) is 0 Å². The monoisotopic (exact) mass is 537 g/mol. The fourth-order valence-corrected chi connectivity index (χ4v) is 4.03. The Bertz CT molecular complexity index is 1350. The minimum atomic E-state index is -1.18. The SMILES string of the molecule is CC(C)(C)OC(=O)CN(CC(=O)Nc1ccccc1C(=O)c1cccs1)C(=O)Nc1cccc(C(=O)O)c1. The van der Waals surface area contributed by atoms with Gasteiger partial charge in [0.2, 0.25) is 11.7 Å². The zero-order valence-corrected chi connectivity index (χ0v) is 21.8. The van der Waals surface area contributed by atoms with Crippen LogP contribution in [0.3, 0.4) is 0 Å². The number of amides is 3. The topological polar surface area (TPSA) is 142 Å². The first-order valence-electron chi connectivity index (χ1n) is 11.5. The van der Waals surface area contributed by atoms with Crippen LogP contribution in [0.4, 0.5) is 16.2 Å². The molecule has 3 N–H and O–H groups in total. The molecule has 0 aliphatic carbocycles. The number of hydrogen-bond acceptors (Lipinski definition) is 7. The van der Waals surface area contributed by atoms with Gasteiger partial charge in [0.25, 0.3) is 0 Å². The summed E-state index contributed by atoms with van der Waals surface area (Å²) >= 11 is 1.27. The number of rotatable bonds is 9. The van der Waals surface area contributed by atoms with Gasteiger partial charge >= 0.3 is 18.0 Å². The van der Waals surface area contributed by atoms with Gasteiger partial charge in [-0.2, -0.15) is 0 Å². The molecular weight excluding hydrogens is 510 g/mol. The lowest BCUT2D eigenvalue weighted by atomic mass is 10.1. The second kappa shape index (κ2) is 12.2. The molecule has 0 bridgehead atoms. The van der Waals surface area contributed by atoms with E-state index < -0.39 is 42.6 Å². The van der Waals surface area contributed by atoms with Crippen molar-refractivity contribution in [1.82, 2.24) is 4.90 Å². The van der Waals surface area contributed by atoms with Crippen molar-refractivity contribution in [3.8, 4) is 0 Å². The molecule has 11 heteroatoms. The van der Waals surface area contributed by atoms with Gasteiger partial charge in [-0.05, 0) is 62.5 Å². The van der Waals surface area contributed by atoms with Gasteiger partial charge in [0, 0.05) is 11.3 Å². The van der Waals surface area contributed by atoms with Crippen LogP contribution in [0.2, 0.25) is 0 Å². The van der Waals surface area contributed by atoms with Crippen molar-refractivity contribution in [3.05, 3.63) is 82.0 Å². The number of hydrogen-bond donors (Lipinski definition) is 3. The first-order chi connectivity index (χ1) is 17.9. The second-order valence-corrected chi connectivity index (χ2v) is 10.1. The highest BCUT2D eigenvalue weighted by Crippen LogP contribution is 2.22. The van der Waals surface area contributed by atoms with E-state index in [1.807, 2.05) is 0 Å². The number of urea groups is 1. The van der Waals surface area contributed by atoms with Crippen LogP contribution in [-0.2, 0) is 14.3 Å². The molecular formula is C27H27N3O7S. The van der Waals surface area contributed by atoms with Crippen LogP contribution in [-0.4, -0.2) is 58.4 Å². The minimum Gasteiger partial charge on any atom is -0.478 e. The van der Waals surface area contributed by atoms with Crippen LogP contribution in [0.15, 0.2) is 66.0 Å². The molecule has 0 aliphatic heterocycles. The van der Waals surface area contributed by atoms with Crippen molar-refractivity contribution >= 4 is 52.4 Å². The maximum atomic E-state index is 13.0. The average Bonchev–Trinajstić information content (AvgIpc) is 3.37. The van der Waals surface area contributed by atoms with E-state index in [-0.39, 0.29) is 28.3 Å². The summed E-state index contributed by atoms with van der Waals surface area (Å²) in [6, 6.07) is 14.6. The number of carbonyl (C=O) groups excluding carboxylic acids is 4. The first kappa shape index (κ1) is 28.1. The third-order valence-corrected chi connectivity index (χ3v) is 5.78. The molecule has 2 aromatic carbocycles. The molecule has 0 saturated heterocycles. The van der Waals surface area contributed by atoms with Crippen molar-refractivity contribution in [1.29, 1.82) is 0 Å². The Morgan fingerprint density at radius 2 is 1.66 bits per heavy atom. The van der Waals surface area contributed by atoms with Crippen molar-refractivity contribution in [2.75, 3.05) is 23.7 Å². The van der Waals surface area contributed by atoms with E-state index in [0.29, 0.717) is 4.88 Å². The number of aromatic carboxylic acids is 1. The van der Waals surface area contributed by atoms with Crippen LogP contribution in [0.1, 0.15) is 46.4 Å². The van der Waals surface area contributed by atoms with Gasteiger partial charge in [-0.1, -0.05) is 24.3 Å². The summed E-state index contributed by atoms with van der Waals surface area (Å²) in [6.45, 7) is 3.90. The van der Waals surface area contributed by atoms with Gasteiger partial charge in [-0.15, -0.1) is 11.3 Å². The van der Waals surface area contributed by atoms with Gasteiger partial charge in [0.15, 0.2) is 0 Å². The number of para-hydroxylation sites is 1. The van der Waals surface area contributed by atoms with Crippen molar-refractivity contribution in [2.45, 2.75) is 26.4 Å². The third kappa shape index (κ3) is 8.00. The van der Waals surface area contributed by atoms with E-state index in [2.05, 4.69) is 10.6 Å². The number of esters is 1. The molecule has 38 heavy (non-hydrogen) atoms. The zero-order valence-electron chi connectivity index (χ0n) is 21.0. The molecule has 0 radical (unpaired) electrons. The Labute approximate surface area is 223 Å². The Balaban J connectivity index is 1.79. The fraction of sp³-hybridized carbons (Fsp3) is 0.222. The summed E-state index contributed by atoms with van der Waals surface area (Å²) in [5.74, 6) is -2.85. The van der Waals surface area contributed by atoms with Gasteiger partial charge in [-0.3, -0.25) is 14.4 Å². The zero-order chi connectivity index (χ0) is 27.9. The van der Waals surface area contributed by atoms with Crippen LogP contribution < -0.4 is 10.6 Å². The van der Waals surface area contributed by atoms with E-state index in [4.69, 9.17) is 4.74 Å². The maximum absolute atomic E-state index is 13.0. The Morgan fingerprint density at radius 1 is 0.921 bits per heavy atom. The van der Waals surface area contributed by atoms with Crippen LogP contribution >= 0.6 is 11.3 Å². The Hall–Kier alpha value is -4.51. The lowest BCUT2D eigenvalue weighted by molar-refractivity contribution is -0.155. The van der Waals surface area contributed by atoms with Gasteiger partial charge in [-0.25, -0.2) is 9.59 Å². The van der Waals surface area contributed by atoms with E-state index in [0.717, 1.165) is 4.90 Å². The third-order valence-electron chi connectivity index (χ3n) is 4.91. The standard InChI is InChI=1S/C27H27N3O7S/c1-27(2,3)37-23(32)16-30(26(36)28-18-9-6-8-17(14-18)25(34)35)15-22(31)29-20-11-5-4-10-19(20)24(33)21-12-7-13-38-21/h4-14H,15-16H2,1-3H3,(H,28,36)(H,29,31)(H,34,35). The Morgan fingerprint density at radius 3 is 2.32 bits per heavy atom. The number of anilines is 2. The molecule has 0 spiro atoms. The molecule has 0 unspecified atom stereocenters. The number of nitrogens with zero attached hydrogens (tertiary/aromatic N) is 1. The minimum absolute atomic E-state index is 0.0498. The van der Waals surface area contributed by atoms with Crippen molar-refractivity contribution < 1.29 is 33.8 Å². The number of carboxylic acid groups (broad SMARTS) is 1. The molecule has 0 aliphatic rings. The summed E-state index contributed by atoms with van der Waals surface area (Å²) in [6.07, 6.45) is 0. The molecule has 1 heterocycles. The Kier molecular flexibility index (Phi) is 8.98. The molecule has 1 aromatic heterocycles. The van der Waals surface area contributed by atoms with E-state index in [9.17, 15) is 29.1 Å². The summed E-state index contributed by atoms with van der Waals surface area (Å²) < 4.78 is 5.30. The quantitative estimate of drug-likeness (QED) is 0.270. The molecule has 0 fully saturated rings. The fourth-order valence-electron chi connectivity index (χ4n) is 3.36. The summed E-state index contributed by atoms with van der Waals surface area (Å²) in [5.41, 5.74) is -0.180. The highest BCUT2D eigenvalue weighted by molar-refractivity contribution is 7.12. The van der Waals surface area contributed by atoms with Crippen LogP contribution in [0.25, 0.3) is 0 Å². The van der Waals surface area contributed by atoms with E-state index in [1.54, 1.807) is 62.5 Å². The molecule has 3 amide bonds. The summed E-state index contributed by atoms with van der Waals surface area (Å²) in [4.78, 5) is 64.1. The normalized spacial score (nSPS) is 10.8. The van der Waals surface area contributed by atoms with Crippen LogP contribution in [0, 0.1) is 0 Å². The smallest absolute Gasteiger partial charge is 0.335 e. The molecule has 3 aromatic rings. The molecule has 0 saturated carbocycles. The number of thiophene rings is 1. The molecule has 0 atom stereocenters. The van der Waals surface area contributed by atoms with E-state index in [1.165, 1.54) is 35.6 Å². The van der Waals surface area contributed by atoms with Gasteiger partial charge in [0.05, 0.1) is 16.1 Å². The summed E-state index contributed by atoms with van der Waals surface area (Å²) in [7, 11) is 0. The number of ether oxygens (including phenoxy) is 1. The lowest BCUT2D eigenvalue weighted by Crippen LogP contribution is -2.45. The highest BCUT2D eigenvalue weighted by atomic mass is 32.1. The molecule has 3 rings (SSSR count). The highest BCUT2D eigenvalue weighted by Gasteiger charge is 2.25. The first-order valence-corrected chi connectivity index (χ1v) is 12.4. The number of nitrogens with one attached hydrogen (secondary N) is 2. The largest absolute Gasteiger partial charge is 0.478 e. The number of benzene rings is 2. The lowest BCUT2D eigenvalue weighted by Gasteiger charge is -2.25.